The fourth-order valence-electron chi connectivity index (χ4n) is 4.44. The molecule has 1 spiro atoms. The number of aromatic nitrogens is 1. The van der Waals surface area contributed by atoms with E-state index >= 15 is 0 Å². The summed E-state index contributed by atoms with van der Waals surface area (Å²) in [6.45, 7) is 3.84. The molecule has 4 aliphatic heterocycles. The molecule has 6 rings (SSSR count). The molecule has 0 saturated carbocycles. The Morgan fingerprint density at radius 2 is 1.85 bits per heavy atom. The number of hydrogen-bond donors (Lipinski definition) is 0. The van der Waals surface area contributed by atoms with E-state index in [1.807, 2.05) is 30.3 Å². The lowest BCUT2D eigenvalue weighted by molar-refractivity contribution is -0.0881. The van der Waals surface area contributed by atoms with Gasteiger partial charge in [0, 0.05) is 29.7 Å². The third-order valence-electron chi connectivity index (χ3n) is 5.66. The molecule has 4 aliphatic rings. The average molecular weight is 419 g/mol. The predicted octanol–water partition coefficient (Wildman–Crippen LogP) is 3.92. The first-order valence-corrected chi connectivity index (χ1v) is 8.31. The van der Waals surface area contributed by atoms with Crippen LogP contribution in [0.5, 0.6) is 0 Å². The number of carbonyl (C=O) groups is 1. The largest absolute Gasteiger partial charge is 0.439 e. The zero-order valence-electron chi connectivity index (χ0n) is 14.2. The number of nitrogens with zero attached hydrogens (tertiary/aromatic N) is 3. The van der Waals surface area contributed by atoms with Gasteiger partial charge in [0.1, 0.15) is 5.60 Å². The number of ether oxygens (including phenoxy) is 1. The van der Waals surface area contributed by atoms with E-state index in [1.165, 1.54) is 0 Å². The van der Waals surface area contributed by atoms with E-state index < -0.39 is 0 Å². The van der Waals surface area contributed by atoms with Gasteiger partial charge in [0.05, 0.1) is 12.1 Å². The van der Waals surface area contributed by atoms with Crippen LogP contribution in [0.2, 0.25) is 0 Å². The maximum atomic E-state index is 12.5. The zero-order chi connectivity index (χ0) is 15.4. The number of benzene rings is 1. The minimum absolute atomic E-state index is 0. The fraction of sp³-hybridized carbons (Fsp3) is 0.444. The van der Waals surface area contributed by atoms with Crippen LogP contribution in [0.3, 0.4) is 0 Å². The number of fused-ring (bicyclic) bond motifs is 3. The quantitative estimate of drug-likeness (QED) is 0.704. The Morgan fingerprint density at radius 3 is 2.54 bits per heavy atom. The normalized spacial score (nSPS) is 28.9. The van der Waals surface area contributed by atoms with Crippen LogP contribution in [-0.2, 0) is 4.74 Å². The molecule has 4 fully saturated rings. The summed E-state index contributed by atoms with van der Waals surface area (Å²) in [5.41, 5.74) is 1.54. The Hall–Kier alpha value is -1.27. The van der Waals surface area contributed by atoms with Gasteiger partial charge in [-0.25, -0.2) is 4.79 Å². The monoisotopic (exact) mass is 417 g/mol. The predicted molar refractivity (Wildman–Crippen MR) is 109 cm³/mol. The summed E-state index contributed by atoms with van der Waals surface area (Å²) >= 11 is 0. The van der Waals surface area contributed by atoms with Crippen LogP contribution in [0.1, 0.15) is 12.8 Å². The van der Waals surface area contributed by atoms with Crippen molar-refractivity contribution in [1.82, 2.24) is 9.88 Å². The van der Waals surface area contributed by atoms with Gasteiger partial charge < -0.3 is 4.74 Å². The van der Waals surface area contributed by atoms with Crippen LogP contribution in [0, 0.1) is 5.92 Å². The van der Waals surface area contributed by atoms with Gasteiger partial charge in [-0.1, -0.05) is 6.07 Å². The first-order chi connectivity index (χ1) is 11.2. The number of hydrogen-bond acceptors (Lipinski definition) is 4. The van der Waals surface area contributed by atoms with Crippen molar-refractivity contribution in [1.29, 1.82) is 0 Å². The van der Waals surface area contributed by atoms with E-state index in [-0.39, 0.29) is 48.9 Å². The lowest BCUT2D eigenvalue weighted by atomic mass is 9.75. The highest BCUT2D eigenvalue weighted by molar-refractivity contribution is 5.93. The van der Waals surface area contributed by atoms with Crippen molar-refractivity contribution >= 4 is 59.9 Å². The molecule has 2 bridgehead atoms. The molecule has 0 radical (unpaired) electrons. The van der Waals surface area contributed by atoms with Gasteiger partial charge in [0.2, 0.25) is 0 Å². The lowest BCUT2D eigenvalue weighted by Gasteiger charge is -2.49. The van der Waals surface area contributed by atoms with E-state index in [0.29, 0.717) is 12.5 Å². The maximum absolute atomic E-state index is 12.5. The van der Waals surface area contributed by atoms with E-state index in [4.69, 9.17) is 4.74 Å². The smallest absolute Gasteiger partial charge is 0.415 e. The molecule has 1 aromatic carbocycles. The first-order valence-electron chi connectivity index (χ1n) is 8.31. The van der Waals surface area contributed by atoms with Gasteiger partial charge in [-0.05, 0) is 50.2 Å². The zero-order valence-corrected chi connectivity index (χ0v) is 16.6. The Morgan fingerprint density at radius 1 is 1.08 bits per heavy atom. The summed E-state index contributed by atoms with van der Waals surface area (Å²) in [7, 11) is 0. The number of rotatable bonds is 1. The van der Waals surface area contributed by atoms with Crippen LogP contribution >= 0.6 is 37.2 Å². The van der Waals surface area contributed by atoms with Gasteiger partial charge in [-0.15, -0.1) is 37.2 Å². The van der Waals surface area contributed by atoms with Crippen LogP contribution in [0.4, 0.5) is 10.5 Å². The number of piperidine rings is 3. The molecule has 1 aromatic heterocycles. The molecule has 1 atom stereocenters. The van der Waals surface area contributed by atoms with Gasteiger partial charge in [-0.3, -0.25) is 14.8 Å². The molecule has 5 heterocycles. The lowest BCUT2D eigenvalue weighted by Crippen LogP contribution is -2.61. The van der Waals surface area contributed by atoms with Crippen molar-refractivity contribution in [3.05, 3.63) is 36.5 Å². The Bertz CT molecular complexity index is 798. The summed E-state index contributed by atoms with van der Waals surface area (Å²) in [6.07, 6.45) is 3.86. The van der Waals surface area contributed by atoms with E-state index in [0.717, 1.165) is 49.1 Å². The van der Waals surface area contributed by atoms with Gasteiger partial charge in [0.15, 0.2) is 0 Å². The minimum Gasteiger partial charge on any atom is -0.439 e. The topological polar surface area (TPSA) is 45.7 Å². The number of amides is 1. The molecule has 4 saturated heterocycles. The van der Waals surface area contributed by atoms with Crippen LogP contribution in [0.25, 0.3) is 10.9 Å². The van der Waals surface area contributed by atoms with Crippen LogP contribution in [0.15, 0.2) is 36.5 Å². The Kier molecular flexibility index (Phi) is 6.28. The number of anilines is 1. The number of carbonyl (C=O) groups excluding carboxylic acids is 1. The minimum atomic E-state index is -0.308. The third-order valence-corrected chi connectivity index (χ3v) is 5.66. The standard InChI is InChI=1S/C18H19N3O2.3ClH/c22-17-21(15-3-4-16-13(10-15)2-1-7-19-16)12-18(23-17)11-20-8-5-14(18)6-9-20;;;/h1-4,7,10,14H,5-6,8-9,11-12H2;3*1H/t18-;;;/m1.../s1. The highest BCUT2D eigenvalue weighted by atomic mass is 35.5. The highest BCUT2D eigenvalue weighted by Gasteiger charge is 2.55. The van der Waals surface area contributed by atoms with E-state index in [1.54, 1.807) is 11.1 Å². The summed E-state index contributed by atoms with van der Waals surface area (Å²) < 4.78 is 5.93. The molecule has 5 nitrogen and oxygen atoms in total. The molecule has 0 aliphatic carbocycles. The summed E-state index contributed by atoms with van der Waals surface area (Å²) in [4.78, 5) is 21.1. The summed E-state index contributed by atoms with van der Waals surface area (Å²) in [6, 6.07) is 9.92. The van der Waals surface area contributed by atoms with E-state index in [9.17, 15) is 4.79 Å². The van der Waals surface area contributed by atoms with Gasteiger partial charge >= 0.3 is 6.09 Å². The fourth-order valence-corrected chi connectivity index (χ4v) is 4.44. The molecule has 26 heavy (non-hydrogen) atoms. The SMILES string of the molecule is Cl.Cl.Cl.O=C1O[C@]2(CN3CCC2CC3)CN1c1ccc2ncccc2c1. The highest BCUT2D eigenvalue weighted by Crippen LogP contribution is 2.43. The van der Waals surface area contributed by atoms with Crippen molar-refractivity contribution in [3.63, 3.8) is 0 Å². The van der Waals surface area contributed by atoms with Crippen molar-refractivity contribution in [2.75, 3.05) is 31.1 Å². The second-order valence-electron chi connectivity index (χ2n) is 6.95. The molecule has 0 unspecified atom stereocenters. The molecule has 2 aromatic rings. The van der Waals surface area contributed by atoms with Crippen molar-refractivity contribution in [3.8, 4) is 0 Å². The maximum Gasteiger partial charge on any atom is 0.415 e. The van der Waals surface area contributed by atoms with Crippen molar-refractivity contribution in [2.24, 2.45) is 5.92 Å². The second-order valence-corrected chi connectivity index (χ2v) is 6.95. The van der Waals surface area contributed by atoms with Crippen molar-refractivity contribution in [2.45, 2.75) is 18.4 Å². The molecule has 1 amide bonds. The molecule has 8 heteroatoms. The Labute approximate surface area is 171 Å². The van der Waals surface area contributed by atoms with Gasteiger partial charge in [0.25, 0.3) is 0 Å². The van der Waals surface area contributed by atoms with Crippen LogP contribution < -0.4 is 4.90 Å². The molecular weight excluding hydrogens is 397 g/mol. The summed E-state index contributed by atoms with van der Waals surface area (Å²) in [5.74, 6) is 0.503. The average Bonchev–Trinajstić information content (AvgIpc) is 2.91. The van der Waals surface area contributed by atoms with Crippen molar-refractivity contribution < 1.29 is 9.53 Å². The third kappa shape index (κ3) is 3.22. The number of pyridine rings is 1. The molecular formula is C18H22Cl3N3O2. The summed E-state index contributed by atoms with van der Waals surface area (Å²) in [5, 5.41) is 1.05. The second kappa shape index (κ2) is 7.77. The molecule has 142 valence electrons. The molecule has 0 N–H and O–H groups in total. The van der Waals surface area contributed by atoms with E-state index in [2.05, 4.69) is 9.88 Å². The number of halogens is 3. The Balaban J connectivity index is 0.000000810. The van der Waals surface area contributed by atoms with Crippen LogP contribution in [-0.4, -0.2) is 47.8 Å². The van der Waals surface area contributed by atoms with Gasteiger partial charge in [-0.2, -0.15) is 0 Å². The first kappa shape index (κ1) is 21.0.